The summed E-state index contributed by atoms with van der Waals surface area (Å²) in [6.45, 7) is 1.87. The van der Waals surface area contributed by atoms with E-state index in [2.05, 4.69) is 15.3 Å². The molecule has 0 saturated carbocycles. The number of aromatic nitrogens is 4. The Morgan fingerprint density at radius 3 is 2.55 bits per heavy atom. The Hall–Kier alpha value is -3.71. The Morgan fingerprint density at radius 2 is 1.76 bits per heavy atom. The molecule has 2 N–H and O–H groups in total. The number of aryl methyl sites for hydroxylation is 1. The van der Waals surface area contributed by atoms with Crippen LogP contribution in [0.25, 0.3) is 38.9 Å². The quantitative estimate of drug-likeness (QED) is 0.475. The number of anilines is 1. The maximum Gasteiger partial charge on any atom is 0.266 e. The van der Waals surface area contributed by atoms with Crippen molar-refractivity contribution in [3.63, 3.8) is 0 Å². The predicted molar refractivity (Wildman–Crippen MR) is 112 cm³/mol. The molecule has 0 aliphatic heterocycles. The van der Waals surface area contributed by atoms with Crippen molar-refractivity contribution in [2.24, 2.45) is 0 Å². The first-order valence-electron chi connectivity index (χ1n) is 8.83. The summed E-state index contributed by atoms with van der Waals surface area (Å²) in [5.74, 6) is 0. The van der Waals surface area contributed by atoms with Gasteiger partial charge in [0, 0.05) is 16.1 Å². The molecule has 0 bridgehead atoms. The predicted octanol–water partition coefficient (Wildman–Crippen LogP) is 4.13. The van der Waals surface area contributed by atoms with Gasteiger partial charge in [0.1, 0.15) is 16.7 Å². The van der Waals surface area contributed by atoms with E-state index in [0.29, 0.717) is 49.6 Å². The van der Waals surface area contributed by atoms with Gasteiger partial charge in [-0.15, -0.1) is 0 Å². The average Bonchev–Trinajstić information content (AvgIpc) is 3.17. The minimum atomic E-state index is -0.286. The second-order valence-corrected chi connectivity index (χ2v) is 7.13. The van der Waals surface area contributed by atoms with E-state index < -0.39 is 0 Å². The van der Waals surface area contributed by atoms with Crippen LogP contribution in [0.1, 0.15) is 5.69 Å². The molecule has 8 heteroatoms. The number of benzene rings is 2. The summed E-state index contributed by atoms with van der Waals surface area (Å²) in [6.07, 6.45) is 0. The first-order chi connectivity index (χ1) is 14.0. The number of nitrogens with two attached hydrogens (primary N) is 1. The van der Waals surface area contributed by atoms with Crippen LogP contribution in [0, 0.1) is 6.92 Å². The molecule has 3 aromatic heterocycles. The third-order valence-electron chi connectivity index (χ3n) is 4.83. The van der Waals surface area contributed by atoms with E-state index in [1.54, 1.807) is 47.0 Å². The van der Waals surface area contributed by atoms with Crippen LogP contribution in [-0.4, -0.2) is 19.9 Å². The summed E-state index contributed by atoms with van der Waals surface area (Å²) in [6, 6.07) is 16.0. The molecular weight excluding hydrogens is 390 g/mol. The monoisotopic (exact) mass is 403 g/mol. The lowest BCUT2D eigenvalue weighted by Crippen LogP contribution is -2.23. The molecule has 5 aromatic rings. The molecule has 5 rings (SSSR count). The summed E-state index contributed by atoms with van der Waals surface area (Å²) >= 11 is 6.03. The molecule has 0 saturated heterocycles. The summed E-state index contributed by atoms with van der Waals surface area (Å²) in [5.41, 5.74) is 10.6. The highest BCUT2D eigenvalue weighted by molar-refractivity contribution is 6.30. The SMILES string of the molecule is Cc1ccc2c(N)c(-c3ccc4nonc4c3)c(=O)n(-c3ccc(Cl)cc3)c2n1. The molecule has 142 valence electrons. The van der Waals surface area contributed by atoms with Crippen LogP contribution in [0.2, 0.25) is 5.02 Å². The minimum absolute atomic E-state index is 0.286. The first kappa shape index (κ1) is 17.4. The third kappa shape index (κ3) is 2.75. The van der Waals surface area contributed by atoms with Crippen LogP contribution < -0.4 is 11.3 Å². The van der Waals surface area contributed by atoms with Gasteiger partial charge in [0.05, 0.1) is 16.9 Å². The van der Waals surface area contributed by atoms with Gasteiger partial charge >= 0.3 is 0 Å². The Balaban J connectivity index is 1.91. The Bertz CT molecular complexity index is 1450. The molecule has 0 atom stereocenters. The fourth-order valence-electron chi connectivity index (χ4n) is 3.43. The van der Waals surface area contributed by atoms with Gasteiger partial charge in [0.15, 0.2) is 0 Å². The van der Waals surface area contributed by atoms with E-state index in [0.717, 1.165) is 5.69 Å². The smallest absolute Gasteiger partial charge is 0.266 e. The maximum atomic E-state index is 13.6. The molecular formula is C21H14ClN5O2. The number of halogens is 1. The van der Waals surface area contributed by atoms with E-state index in [-0.39, 0.29) is 5.56 Å². The van der Waals surface area contributed by atoms with Crippen molar-refractivity contribution in [1.29, 1.82) is 0 Å². The van der Waals surface area contributed by atoms with Gasteiger partial charge in [0.25, 0.3) is 5.56 Å². The van der Waals surface area contributed by atoms with E-state index >= 15 is 0 Å². The number of pyridine rings is 2. The molecule has 0 amide bonds. The lowest BCUT2D eigenvalue weighted by atomic mass is 10.0. The lowest BCUT2D eigenvalue weighted by molar-refractivity contribution is 0.315. The van der Waals surface area contributed by atoms with Crippen molar-refractivity contribution in [2.45, 2.75) is 6.92 Å². The van der Waals surface area contributed by atoms with E-state index in [4.69, 9.17) is 22.0 Å². The molecule has 3 heterocycles. The molecule has 0 unspecified atom stereocenters. The molecule has 0 radical (unpaired) electrons. The van der Waals surface area contributed by atoms with E-state index in [1.807, 2.05) is 19.1 Å². The molecule has 7 nitrogen and oxygen atoms in total. The molecule has 0 aliphatic rings. The second kappa shape index (κ2) is 6.42. The number of nitrogen functional groups attached to an aromatic ring is 1. The second-order valence-electron chi connectivity index (χ2n) is 6.70. The molecule has 0 spiro atoms. The van der Waals surface area contributed by atoms with E-state index in [1.165, 1.54) is 0 Å². The third-order valence-corrected chi connectivity index (χ3v) is 5.08. The number of rotatable bonds is 2. The van der Waals surface area contributed by atoms with E-state index in [9.17, 15) is 4.79 Å². The average molecular weight is 404 g/mol. The Morgan fingerprint density at radius 1 is 1.00 bits per heavy atom. The topological polar surface area (TPSA) is 99.8 Å². The largest absolute Gasteiger partial charge is 0.397 e. The van der Waals surface area contributed by atoms with Crippen molar-refractivity contribution in [3.05, 3.63) is 75.7 Å². The zero-order valence-electron chi connectivity index (χ0n) is 15.3. The van der Waals surface area contributed by atoms with Crippen molar-refractivity contribution in [2.75, 3.05) is 5.73 Å². The normalized spacial score (nSPS) is 11.4. The minimum Gasteiger partial charge on any atom is -0.397 e. The molecule has 0 fully saturated rings. The summed E-state index contributed by atoms with van der Waals surface area (Å²) in [7, 11) is 0. The number of hydrogen-bond acceptors (Lipinski definition) is 6. The number of hydrogen-bond donors (Lipinski definition) is 1. The van der Waals surface area contributed by atoms with Crippen LogP contribution in [0.5, 0.6) is 0 Å². The van der Waals surface area contributed by atoms with Gasteiger partial charge in [-0.3, -0.25) is 9.36 Å². The number of nitrogens with zero attached hydrogens (tertiary/aromatic N) is 4. The van der Waals surface area contributed by atoms with Crippen LogP contribution >= 0.6 is 11.6 Å². The van der Waals surface area contributed by atoms with Crippen LogP contribution in [0.3, 0.4) is 0 Å². The van der Waals surface area contributed by atoms with Crippen molar-refractivity contribution in [3.8, 4) is 16.8 Å². The standard InChI is InChI=1S/C21H14ClN5O2/c1-11-2-8-15-19(23)18(12-3-9-16-17(10-12)26-29-25-16)21(28)27(20(15)24-11)14-6-4-13(22)5-7-14/h2-10H,23H2,1H3. The highest BCUT2D eigenvalue weighted by atomic mass is 35.5. The lowest BCUT2D eigenvalue weighted by Gasteiger charge is -2.16. The fraction of sp³-hybridized carbons (Fsp3) is 0.0476. The summed E-state index contributed by atoms with van der Waals surface area (Å²) < 4.78 is 6.32. The van der Waals surface area contributed by atoms with Crippen LogP contribution in [0.4, 0.5) is 5.69 Å². The van der Waals surface area contributed by atoms with Gasteiger partial charge in [-0.2, -0.15) is 0 Å². The first-order valence-corrected chi connectivity index (χ1v) is 9.21. The molecule has 0 aliphatic carbocycles. The zero-order valence-corrected chi connectivity index (χ0v) is 16.0. The molecule has 29 heavy (non-hydrogen) atoms. The zero-order chi connectivity index (χ0) is 20.1. The van der Waals surface area contributed by atoms with Gasteiger partial charge in [-0.05, 0) is 71.3 Å². The van der Waals surface area contributed by atoms with Crippen molar-refractivity contribution < 1.29 is 4.63 Å². The molecule has 2 aromatic carbocycles. The summed E-state index contributed by atoms with van der Waals surface area (Å²) in [4.78, 5) is 18.2. The summed E-state index contributed by atoms with van der Waals surface area (Å²) in [5, 5.41) is 8.93. The Labute approximate surface area is 169 Å². The van der Waals surface area contributed by atoms with Crippen LogP contribution in [-0.2, 0) is 0 Å². The maximum absolute atomic E-state index is 13.6. The Kier molecular flexibility index (Phi) is 3.85. The number of fused-ring (bicyclic) bond motifs is 2. The van der Waals surface area contributed by atoms with Crippen molar-refractivity contribution >= 4 is 39.4 Å². The van der Waals surface area contributed by atoms with Gasteiger partial charge in [-0.1, -0.05) is 17.7 Å². The van der Waals surface area contributed by atoms with Gasteiger partial charge in [-0.25, -0.2) is 9.61 Å². The highest BCUT2D eigenvalue weighted by Crippen LogP contribution is 2.31. The van der Waals surface area contributed by atoms with Crippen molar-refractivity contribution in [1.82, 2.24) is 19.9 Å². The van der Waals surface area contributed by atoms with Crippen LogP contribution in [0.15, 0.2) is 64.0 Å². The van der Waals surface area contributed by atoms with Gasteiger partial charge < -0.3 is 5.73 Å². The highest BCUT2D eigenvalue weighted by Gasteiger charge is 2.19. The van der Waals surface area contributed by atoms with Gasteiger partial charge in [0.2, 0.25) is 0 Å². The fourth-order valence-corrected chi connectivity index (χ4v) is 3.55.